The molecular formula is C81H159F3O3. The van der Waals surface area contributed by atoms with E-state index in [1.165, 1.54) is 199 Å². The summed E-state index contributed by atoms with van der Waals surface area (Å²) >= 11 is 0. The Hall–Kier alpha value is -1.37. The first-order valence-corrected chi connectivity index (χ1v) is 38.3. The lowest BCUT2D eigenvalue weighted by Gasteiger charge is -2.41. The molecule has 0 saturated heterocycles. The van der Waals surface area contributed by atoms with E-state index in [-0.39, 0.29) is 27.8 Å². The molecule has 0 amide bonds. The largest absolute Gasteiger partial charge is 0.412 e. The summed E-state index contributed by atoms with van der Waals surface area (Å²) in [5, 5.41) is 0. The summed E-state index contributed by atoms with van der Waals surface area (Å²) in [7, 11) is 0. The van der Waals surface area contributed by atoms with E-state index in [1.54, 1.807) is 38.5 Å². The van der Waals surface area contributed by atoms with Crippen molar-refractivity contribution in [2.24, 2.45) is 124 Å². The average molecular weight is 1240 g/mol. The molecule has 87 heavy (non-hydrogen) atoms. The summed E-state index contributed by atoms with van der Waals surface area (Å²) < 4.78 is 41.0. The molecule has 6 N–H and O–H groups in total. The Kier molecular flexibility index (Phi) is 35.7. The van der Waals surface area contributed by atoms with Gasteiger partial charge in [0.2, 0.25) is 0 Å². The molecule has 0 aliphatic heterocycles. The van der Waals surface area contributed by atoms with Crippen LogP contribution < -0.4 is 0 Å². The number of allylic oxidation sites excluding steroid dienone is 8. The molecule has 0 heterocycles. The fourth-order valence-corrected chi connectivity index (χ4v) is 21.4. The third-order valence-electron chi connectivity index (χ3n) is 27.2. The van der Waals surface area contributed by atoms with Crippen LogP contribution in [0.5, 0.6) is 0 Å². The molecule has 11 aliphatic rings. The van der Waals surface area contributed by atoms with Gasteiger partial charge in [0.15, 0.2) is 0 Å². The Morgan fingerprint density at radius 3 is 0.621 bits per heavy atom. The van der Waals surface area contributed by atoms with Crippen molar-refractivity contribution in [3.05, 3.63) is 48.6 Å². The molecule has 0 bridgehead atoms. The highest BCUT2D eigenvalue weighted by molar-refractivity contribution is 4.96. The van der Waals surface area contributed by atoms with Crippen LogP contribution in [-0.2, 0) is 0 Å². The number of rotatable bonds is 11. The van der Waals surface area contributed by atoms with Crippen LogP contribution in [0, 0.1) is 124 Å². The lowest BCUT2D eigenvalue weighted by Crippen LogP contribution is -2.34. The summed E-state index contributed by atoms with van der Waals surface area (Å²) in [6.45, 7) is 15.6. The van der Waals surface area contributed by atoms with Gasteiger partial charge in [0, 0.05) is 11.4 Å². The van der Waals surface area contributed by atoms with Gasteiger partial charge in [-0.25, -0.2) is 13.2 Å². The van der Waals surface area contributed by atoms with Crippen molar-refractivity contribution in [2.75, 3.05) is 0 Å². The summed E-state index contributed by atoms with van der Waals surface area (Å²) in [6, 6.07) is 0. The van der Waals surface area contributed by atoms with Crippen LogP contribution in [0.25, 0.3) is 0 Å². The summed E-state index contributed by atoms with van der Waals surface area (Å²) in [5.74, 6) is 18.9. The number of alkyl halides is 3. The quantitative estimate of drug-likeness (QED) is 0.184. The van der Waals surface area contributed by atoms with E-state index < -0.39 is 18.5 Å². The van der Waals surface area contributed by atoms with E-state index in [0.29, 0.717) is 36.5 Å². The van der Waals surface area contributed by atoms with E-state index in [4.69, 9.17) is 0 Å². The van der Waals surface area contributed by atoms with Crippen LogP contribution in [0.3, 0.4) is 0 Å². The van der Waals surface area contributed by atoms with E-state index in [2.05, 4.69) is 97.1 Å². The van der Waals surface area contributed by atoms with Crippen LogP contribution in [-0.4, -0.2) is 34.9 Å². The van der Waals surface area contributed by atoms with Gasteiger partial charge in [-0.3, -0.25) is 0 Å². The standard InChI is InChI=1S/C22H37F.C22H38.C21H34F2.C16H28.3H2O.8H2/c1-3-4-17-6-9-18(10-7-17)19-11-13-20(14-12-19)21-8-5-16(2)22(23)15-21;1-3-4-18-7-11-20(12-8-18)22-15-13-21(14-16-22)19-9-5-17(2)6-10-19;1-2-3-15-4-6-16(7-5-15)17-8-10-18(11-9-17)19-12-13-20(22)21(23)14-19;1-3-4-14-7-11-16(12-8-14)15-9-5-13(2)6-10-15;;;;;;;;;;;/h3-4,16-22H,5-15H2,1-2H3;3-4,17-22H,5-16H2,1-2H3;2-3,15-21H,4-14H2,1H3;3-4,13-16H,5-12H2,1-2H3;3*1H2;8*1H/b2*4-3+;3-2+;4-3+;;;;;;;;;;;. The third-order valence-corrected chi connectivity index (χ3v) is 27.2. The van der Waals surface area contributed by atoms with Gasteiger partial charge in [0.1, 0.15) is 18.5 Å². The molecular weight excluding hydrogens is 1080 g/mol. The minimum atomic E-state index is -1.19. The molecule has 11 fully saturated rings. The second kappa shape index (κ2) is 40.7. The fourth-order valence-electron chi connectivity index (χ4n) is 21.4. The third kappa shape index (κ3) is 24.2. The minimum Gasteiger partial charge on any atom is -0.412 e. The normalized spacial score (nSPS) is 43.2. The fraction of sp³-hybridized carbons (Fsp3) is 0.901. The van der Waals surface area contributed by atoms with E-state index >= 15 is 0 Å². The predicted molar refractivity (Wildman–Crippen MR) is 386 cm³/mol. The van der Waals surface area contributed by atoms with Crippen molar-refractivity contribution in [1.82, 2.24) is 0 Å². The van der Waals surface area contributed by atoms with Gasteiger partial charge in [-0.2, -0.15) is 0 Å². The Morgan fingerprint density at radius 2 is 0.402 bits per heavy atom. The maximum atomic E-state index is 14.0. The lowest BCUT2D eigenvalue weighted by molar-refractivity contribution is 0.0479. The van der Waals surface area contributed by atoms with E-state index in [1.807, 2.05) is 0 Å². The highest BCUT2D eigenvalue weighted by atomic mass is 19.2. The van der Waals surface area contributed by atoms with Crippen LogP contribution >= 0.6 is 0 Å². The van der Waals surface area contributed by atoms with Crippen LogP contribution in [0.1, 0.15) is 330 Å². The van der Waals surface area contributed by atoms with E-state index in [9.17, 15) is 13.2 Å². The van der Waals surface area contributed by atoms with Gasteiger partial charge in [-0.15, -0.1) is 0 Å². The first-order valence-electron chi connectivity index (χ1n) is 38.3. The Labute approximate surface area is 548 Å². The molecule has 522 valence electrons. The van der Waals surface area contributed by atoms with Crippen LogP contribution in [0.15, 0.2) is 48.6 Å². The SMILES string of the molecule is C/C=C/C1CCC(C2CCC(C)CC2)CC1.C/C=C/C1CCC(C2CCC(C3CCC(C)C(F)C3)CC2)CC1.C/C=C/C1CCC(C2CCC(C3CCC(C)CC3)CC2)CC1.C/C=C/C1CCC(C2CCC(C3CCC(F)C(F)C3)CC2)CC1.O.O.O.[HH].[HH].[HH].[HH].[HH].[HH].[HH].[HH]. The molecule has 0 aromatic rings. The zero-order valence-corrected chi connectivity index (χ0v) is 57.8. The zero-order valence-electron chi connectivity index (χ0n) is 57.8. The molecule has 0 radical (unpaired) electrons. The van der Waals surface area contributed by atoms with Gasteiger partial charge in [-0.05, 0) is 396 Å². The maximum Gasteiger partial charge on any atom is 0.131 e. The monoisotopic (exact) mass is 1240 g/mol. The average Bonchev–Trinajstić information content (AvgIpc) is 1.07. The molecule has 0 spiro atoms. The van der Waals surface area contributed by atoms with Gasteiger partial charge < -0.3 is 16.4 Å². The molecule has 11 saturated carbocycles. The molecule has 6 unspecified atom stereocenters. The van der Waals surface area contributed by atoms with Crippen molar-refractivity contribution in [2.45, 2.75) is 337 Å². The molecule has 6 heteroatoms. The molecule has 0 aromatic heterocycles. The first-order chi connectivity index (χ1) is 40.9. The molecule has 3 nitrogen and oxygen atoms in total. The second-order valence-corrected chi connectivity index (χ2v) is 32.5. The lowest BCUT2D eigenvalue weighted by atomic mass is 9.65. The van der Waals surface area contributed by atoms with E-state index in [0.717, 1.165) is 120 Å². The van der Waals surface area contributed by atoms with Crippen molar-refractivity contribution in [3.63, 3.8) is 0 Å². The molecule has 6 atom stereocenters. The highest BCUT2D eigenvalue weighted by Crippen LogP contribution is 2.50. The van der Waals surface area contributed by atoms with Crippen molar-refractivity contribution < 1.29 is 41.0 Å². The number of hydrogen-bond donors (Lipinski definition) is 0. The smallest absolute Gasteiger partial charge is 0.131 e. The zero-order chi connectivity index (χ0) is 59.2. The van der Waals surface area contributed by atoms with Crippen molar-refractivity contribution in [1.29, 1.82) is 0 Å². The van der Waals surface area contributed by atoms with Gasteiger partial charge >= 0.3 is 0 Å². The Morgan fingerprint density at radius 1 is 0.218 bits per heavy atom. The molecule has 11 aliphatic carbocycles. The Bertz CT molecular complexity index is 1810. The summed E-state index contributed by atoms with van der Waals surface area (Å²) in [5.41, 5.74) is 0. The number of halogens is 3. The Balaban J connectivity index is -0.000000563. The highest BCUT2D eigenvalue weighted by Gasteiger charge is 2.40. The van der Waals surface area contributed by atoms with Gasteiger partial charge in [0.05, 0.1) is 0 Å². The predicted octanol–water partition coefficient (Wildman–Crippen LogP) is 25.3. The first kappa shape index (κ1) is 76.3. The van der Waals surface area contributed by atoms with Gasteiger partial charge in [-0.1, -0.05) is 95.1 Å². The maximum absolute atomic E-state index is 14.0. The van der Waals surface area contributed by atoms with Crippen LogP contribution in [0.2, 0.25) is 0 Å². The van der Waals surface area contributed by atoms with Crippen LogP contribution in [0.4, 0.5) is 13.2 Å². The molecule has 11 rings (SSSR count). The summed E-state index contributed by atoms with van der Waals surface area (Å²) in [6.07, 6.45) is 73.5. The minimum absolute atomic E-state index is 0. The number of hydrogen-bond acceptors (Lipinski definition) is 0. The second-order valence-electron chi connectivity index (χ2n) is 32.5. The van der Waals surface area contributed by atoms with Gasteiger partial charge in [0.25, 0.3) is 0 Å². The van der Waals surface area contributed by atoms with Crippen molar-refractivity contribution in [3.8, 4) is 0 Å². The topological polar surface area (TPSA) is 94.5 Å². The summed E-state index contributed by atoms with van der Waals surface area (Å²) in [4.78, 5) is 0. The van der Waals surface area contributed by atoms with Crippen molar-refractivity contribution >= 4 is 0 Å². The molecule has 0 aromatic carbocycles.